The van der Waals surface area contributed by atoms with E-state index in [9.17, 15) is 9.59 Å². The van der Waals surface area contributed by atoms with Crippen LogP contribution in [0.4, 0.5) is 0 Å². The summed E-state index contributed by atoms with van der Waals surface area (Å²) in [4.78, 5) is 34.1. The van der Waals surface area contributed by atoms with Crippen molar-refractivity contribution < 1.29 is 9.59 Å². The van der Waals surface area contributed by atoms with Gasteiger partial charge in [-0.25, -0.2) is 4.98 Å². The number of carbonyl (C=O) groups is 2. The normalized spacial score (nSPS) is 21.5. The monoisotopic (exact) mass is 380 g/mol. The van der Waals surface area contributed by atoms with Crippen molar-refractivity contribution in [2.45, 2.75) is 56.9 Å². The van der Waals surface area contributed by atoms with E-state index in [2.05, 4.69) is 17.1 Å². The lowest BCUT2D eigenvalue weighted by atomic mass is 9.93. The number of rotatable bonds is 3. The minimum atomic E-state index is -0.136. The number of amides is 2. The molecule has 6 nitrogen and oxygen atoms in total. The summed E-state index contributed by atoms with van der Waals surface area (Å²) in [7, 11) is 1.90. The van der Waals surface area contributed by atoms with Gasteiger partial charge in [0.05, 0.1) is 11.0 Å². The topological polar surface area (TPSA) is 58.4 Å². The fourth-order valence-corrected chi connectivity index (χ4v) is 4.85. The summed E-state index contributed by atoms with van der Waals surface area (Å²) in [6.45, 7) is 1.41. The Morgan fingerprint density at radius 3 is 2.57 bits per heavy atom. The highest BCUT2D eigenvalue weighted by atomic mass is 16.2. The van der Waals surface area contributed by atoms with Crippen LogP contribution in [0, 0.1) is 0 Å². The summed E-state index contributed by atoms with van der Waals surface area (Å²) in [6, 6.07) is 6.69. The molecule has 1 aromatic heterocycles. The first-order valence-corrected chi connectivity index (χ1v) is 10.7. The highest BCUT2D eigenvalue weighted by Crippen LogP contribution is 2.40. The Labute approximate surface area is 165 Å². The van der Waals surface area contributed by atoms with E-state index in [0.717, 1.165) is 23.9 Å². The van der Waals surface area contributed by atoms with Gasteiger partial charge in [-0.1, -0.05) is 25.3 Å². The van der Waals surface area contributed by atoms with Crippen LogP contribution in [-0.4, -0.2) is 56.8 Å². The smallest absolute Gasteiger partial charge is 0.290 e. The molecular weight excluding hydrogens is 352 g/mol. The first-order valence-electron chi connectivity index (χ1n) is 10.7. The van der Waals surface area contributed by atoms with E-state index in [-0.39, 0.29) is 18.4 Å². The van der Waals surface area contributed by atoms with E-state index >= 15 is 0 Å². The van der Waals surface area contributed by atoms with E-state index in [0.29, 0.717) is 30.9 Å². The van der Waals surface area contributed by atoms with Crippen molar-refractivity contribution in [3.8, 4) is 0 Å². The van der Waals surface area contributed by atoms with Crippen LogP contribution in [0.3, 0.4) is 0 Å². The number of carbonyl (C=O) groups excluding carboxylic acids is 2. The Morgan fingerprint density at radius 2 is 1.86 bits per heavy atom. The van der Waals surface area contributed by atoms with Gasteiger partial charge in [0, 0.05) is 26.2 Å². The molecule has 2 aliphatic carbocycles. The third-order valence-electron chi connectivity index (χ3n) is 6.70. The summed E-state index contributed by atoms with van der Waals surface area (Å²) >= 11 is 0. The number of aryl methyl sites for hydroxylation is 1. The third-order valence-corrected chi connectivity index (χ3v) is 6.70. The predicted molar refractivity (Wildman–Crippen MR) is 107 cm³/mol. The summed E-state index contributed by atoms with van der Waals surface area (Å²) in [5.74, 6) is 1.05. The number of hydrogen-bond acceptors (Lipinski definition) is 3. The zero-order chi connectivity index (χ0) is 19.3. The maximum Gasteiger partial charge on any atom is 0.290 e. The van der Waals surface area contributed by atoms with Crippen LogP contribution >= 0.6 is 0 Å². The summed E-state index contributed by atoms with van der Waals surface area (Å²) in [6.07, 6.45) is 8.41. The van der Waals surface area contributed by atoms with Crippen LogP contribution in [0.1, 0.15) is 67.0 Å². The molecule has 3 fully saturated rings. The molecule has 2 aromatic rings. The molecule has 0 atom stereocenters. The van der Waals surface area contributed by atoms with E-state index in [4.69, 9.17) is 0 Å². The minimum absolute atomic E-state index is 0.0845. The number of imidazole rings is 1. The van der Waals surface area contributed by atoms with Crippen LogP contribution in [0.2, 0.25) is 0 Å². The van der Waals surface area contributed by atoms with Gasteiger partial charge in [0.1, 0.15) is 6.54 Å². The lowest BCUT2D eigenvalue weighted by Crippen LogP contribution is -2.56. The molecule has 1 aliphatic heterocycles. The van der Waals surface area contributed by atoms with Gasteiger partial charge in [0.25, 0.3) is 5.91 Å². The first-order chi connectivity index (χ1) is 13.6. The van der Waals surface area contributed by atoms with Gasteiger partial charge in [0.15, 0.2) is 5.82 Å². The van der Waals surface area contributed by atoms with Gasteiger partial charge >= 0.3 is 0 Å². The lowest BCUT2D eigenvalue weighted by Gasteiger charge is -2.40. The Bertz CT molecular complexity index is 924. The fourth-order valence-electron chi connectivity index (χ4n) is 4.85. The molecule has 0 radical (unpaired) electrons. The van der Waals surface area contributed by atoms with Crippen LogP contribution < -0.4 is 0 Å². The van der Waals surface area contributed by atoms with Crippen molar-refractivity contribution in [2.75, 3.05) is 19.6 Å². The predicted octanol–water partition coefficient (Wildman–Crippen LogP) is 3.07. The molecule has 0 N–H and O–H groups in total. The Balaban J connectivity index is 1.34. The van der Waals surface area contributed by atoms with Crippen LogP contribution in [0.25, 0.3) is 11.0 Å². The van der Waals surface area contributed by atoms with Crippen molar-refractivity contribution in [3.63, 3.8) is 0 Å². The van der Waals surface area contributed by atoms with Gasteiger partial charge in [0.2, 0.25) is 5.91 Å². The lowest BCUT2D eigenvalue weighted by molar-refractivity contribution is -0.138. The molecule has 2 heterocycles. The first kappa shape index (κ1) is 17.7. The number of fused-ring (bicyclic) bond motifs is 1. The third kappa shape index (κ3) is 3.09. The molecule has 5 rings (SSSR count). The van der Waals surface area contributed by atoms with Crippen molar-refractivity contribution in [3.05, 3.63) is 29.6 Å². The van der Waals surface area contributed by atoms with Gasteiger partial charge in [-0.05, 0) is 49.3 Å². The Hall–Kier alpha value is -2.37. The van der Waals surface area contributed by atoms with Gasteiger partial charge in [-0.3, -0.25) is 9.59 Å². The minimum Gasteiger partial charge on any atom is -0.336 e. The highest BCUT2D eigenvalue weighted by Gasteiger charge is 2.34. The molecule has 0 spiro atoms. The SMILES string of the molecule is Cn1c(C(=O)N2CCN(C3CCCCC3)C(=O)C2)nc2ccc(C3CC3)cc21. The molecule has 6 heteroatoms. The summed E-state index contributed by atoms with van der Waals surface area (Å²) < 4.78 is 1.89. The maximum atomic E-state index is 13.1. The second-order valence-corrected chi connectivity index (χ2v) is 8.62. The number of hydrogen-bond donors (Lipinski definition) is 0. The molecule has 28 heavy (non-hydrogen) atoms. The fraction of sp³-hybridized carbons (Fsp3) is 0.591. The molecule has 2 amide bonds. The largest absolute Gasteiger partial charge is 0.336 e. The zero-order valence-corrected chi connectivity index (χ0v) is 16.6. The second kappa shape index (κ2) is 6.90. The zero-order valence-electron chi connectivity index (χ0n) is 16.6. The van der Waals surface area contributed by atoms with Crippen molar-refractivity contribution in [2.24, 2.45) is 7.05 Å². The number of benzene rings is 1. The Kier molecular flexibility index (Phi) is 4.37. The van der Waals surface area contributed by atoms with Gasteiger partial charge in [-0.15, -0.1) is 0 Å². The Morgan fingerprint density at radius 1 is 1.07 bits per heavy atom. The van der Waals surface area contributed by atoms with Crippen LogP contribution in [-0.2, 0) is 11.8 Å². The molecule has 1 aromatic carbocycles. The van der Waals surface area contributed by atoms with E-state index < -0.39 is 0 Å². The van der Waals surface area contributed by atoms with Crippen LogP contribution in [0.15, 0.2) is 18.2 Å². The average Bonchev–Trinajstić information content (AvgIpc) is 3.52. The van der Waals surface area contributed by atoms with Gasteiger partial charge in [-0.2, -0.15) is 0 Å². The van der Waals surface area contributed by atoms with Crippen LogP contribution in [0.5, 0.6) is 0 Å². The molecule has 0 unspecified atom stereocenters. The van der Waals surface area contributed by atoms with E-state index in [1.807, 2.05) is 22.6 Å². The molecule has 1 saturated heterocycles. The maximum absolute atomic E-state index is 13.1. The molecule has 2 saturated carbocycles. The standard InChI is InChI=1S/C22H28N4O2/c1-24-19-13-16(15-7-8-15)9-10-18(19)23-21(24)22(28)25-11-12-26(20(27)14-25)17-5-3-2-4-6-17/h9-10,13,15,17H,2-8,11-12,14H2,1H3. The molecule has 3 aliphatic rings. The summed E-state index contributed by atoms with van der Waals surface area (Å²) in [5, 5.41) is 0. The molecule has 0 bridgehead atoms. The van der Waals surface area contributed by atoms with Crippen molar-refractivity contribution in [1.82, 2.24) is 19.4 Å². The van der Waals surface area contributed by atoms with E-state index in [1.54, 1.807) is 4.90 Å². The quantitative estimate of drug-likeness (QED) is 0.822. The summed E-state index contributed by atoms with van der Waals surface area (Å²) in [5.41, 5.74) is 3.19. The average molecular weight is 380 g/mol. The molecule has 148 valence electrons. The number of nitrogens with zero attached hydrogens (tertiary/aromatic N) is 4. The highest BCUT2D eigenvalue weighted by molar-refractivity contribution is 5.97. The van der Waals surface area contributed by atoms with Crippen molar-refractivity contribution in [1.29, 1.82) is 0 Å². The molecular formula is C22H28N4O2. The van der Waals surface area contributed by atoms with Crippen molar-refractivity contribution >= 4 is 22.8 Å². The number of piperazine rings is 1. The number of aromatic nitrogens is 2. The van der Waals surface area contributed by atoms with E-state index in [1.165, 1.54) is 37.7 Å². The van der Waals surface area contributed by atoms with Gasteiger partial charge < -0.3 is 14.4 Å². The second-order valence-electron chi connectivity index (χ2n) is 8.62.